The summed E-state index contributed by atoms with van der Waals surface area (Å²) in [7, 11) is 1.54. The first-order valence-corrected chi connectivity index (χ1v) is 5.78. The third kappa shape index (κ3) is 2.86. The molecule has 2 aromatic carbocycles. The number of nitrogens with zero attached hydrogens (tertiary/aromatic N) is 1. The molecule has 0 saturated carbocycles. The van der Waals surface area contributed by atoms with Crippen molar-refractivity contribution in [2.24, 2.45) is 0 Å². The van der Waals surface area contributed by atoms with Gasteiger partial charge >= 0.3 is 6.61 Å². The predicted octanol–water partition coefficient (Wildman–Crippen LogP) is 3.84. The SMILES string of the molecule is COc1ccccc1-c1ccc(OC(F)F)c(C#N)c1. The molecule has 0 amide bonds. The van der Waals surface area contributed by atoms with Crippen molar-refractivity contribution in [2.75, 3.05) is 7.11 Å². The van der Waals surface area contributed by atoms with Crippen LogP contribution in [0.4, 0.5) is 8.78 Å². The molecule has 5 heteroatoms. The van der Waals surface area contributed by atoms with Crippen molar-refractivity contribution >= 4 is 0 Å². The molecule has 3 nitrogen and oxygen atoms in total. The number of hydrogen-bond acceptors (Lipinski definition) is 3. The summed E-state index contributed by atoms with van der Waals surface area (Å²) in [5.41, 5.74) is 1.52. The lowest BCUT2D eigenvalue weighted by molar-refractivity contribution is -0.0500. The molecule has 0 spiro atoms. The van der Waals surface area contributed by atoms with Crippen LogP contribution in [0.5, 0.6) is 11.5 Å². The Morgan fingerprint density at radius 1 is 1.10 bits per heavy atom. The highest BCUT2D eigenvalue weighted by Crippen LogP contribution is 2.32. The van der Waals surface area contributed by atoms with Crippen LogP contribution in [0.1, 0.15) is 5.56 Å². The fourth-order valence-corrected chi connectivity index (χ4v) is 1.87. The van der Waals surface area contributed by atoms with Crippen molar-refractivity contribution in [3.05, 3.63) is 48.0 Å². The summed E-state index contributed by atoms with van der Waals surface area (Å²) in [5.74, 6) is 0.500. The van der Waals surface area contributed by atoms with E-state index in [-0.39, 0.29) is 11.3 Å². The van der Waals surface area contributed by atoms with Gasteiger partial charge in [0.1, 0.15) is 17.6 Å². The molecule has 0 aromatic heterocycles. The molecule has 0 bridgehead atoms. The maximum atomic E-state index is 12.2. The number of halogens is 2. The molecule has 102 valence electrons. The van der Waals surface area contributed by atoms with Gasteiger partial charge in [0, 0.05) is 5.56 Å². The number of ether oxygens (including phenoxy) is 2. The van der Waals surface area contributed by atoms with E-state index in [1.54, 1.807) is 12.1 Å². The molecular formula is C15H11F2NO2. The summed E-state index contributed by atoms with van der Waals surface area (Å²) in [5, 5.41) is 9.02. The number of alkyl halides is 2. The summed E-state index contributed by atoms with van der Waals surface area (Å²) in [6, 6.07) is 13.6. The van der Waals surface area contributed by atoms with Crippen LogP contribution in [-0.4, -0.2) is 13.7 Å². The lowest BCUT2D eigenvalue weighted by Gasteiger charge is -2.11. The zero-order valence-corrected chi connectivity index (χ0v) is 10.6. The minimum absolute atomic E-state index is 0.0497. The number of methoxy groups -OCH3 is 1. The normalized spacial score (nSPS) is 10.2. The van der Waals surface area contributed by atoms with Crippen LogP contribution < -0.4 is 9.47 Å². The van der Waals surface area contributed by atoms with Gasteiger partial charge in [0.2, 0.25) is 0 Å². The monoisotopic (exact) mass is 275 g/mol. The summed E-state index contributed by atoms with van der Waals surface area (Å²) in [6.07, 6.45) is 0. The van der Waals surface area contributed by atoms with Crippen LogP contribution in [-0.2, 0) is 0 Å². The molecule has 20 heavy (non-hydrogen) atoms. The minimum atomic E-state index is -2.96. The first-order chi connectivity index (χ1) is 9.65. The van der Waals surface area contributed by atoms with Crippen LogP contribution in [0.15, 0.2) is 42.5 Å². The lowest BCUT2D eigenvalue weighted by atomic mass is 10.0. The molecule has 0 fully saturated rings. The van der Waals surface area contributed by atoms with E-state index in [1.807, 2.05) is 24.3 Å². The van der Waals surface area contributed by atoms with E-state index in [2.05, 4.69) is 4.74 Å². The number of para-hydroxylation sites is 1. The molecule has 0 aliphatic rings. The highest BCUT2D eigenvalue weighted by atomic mass is 19.3. The molecule has 0 unspecified atom stereocenters. The van der Waals surface area contributed by atoms with E-state index in [1.165, 1.54) is 19.2 Å². The first kappa shape index (κ1) is 13.8. The second-order valence-electron chi connectivity index (χ2n) is 3.90. The number of nitriles is 1. The minimum Gasteiger partial charge on any atom is -0.496 e. The summed E-state index contributed by atoms with van der Waals surface area (Å²) >= 11 is 0. The average molecular weight is 275 g/mol. The van der Waals surface area contributed by atoms with Crippen LogP contribution in [0.25, 0.3) is 11.1 Å². The van der Waals surface area contributed by atoms with Crippen molar-refractivity contribution in [2.45, 2.75) is 6.61 Å². The smallest absolute Gasteiger partial charge is 0.387 e. The van der Waals surface area contributed by atoms with Crippen molar-refractivity contribution in [1.82, 2.24) is 0 Å². The molecule has 0 heterocycles. The first-order valence-electron chi connectivity index (χ1n) is 5.78. The average Bonchev–Trinajstić information content (AvgIpc) is 2.47. The predicted molar refractivity (Wildman–Crippen MR) is 69.8 cm³/mol. The third-order valence-electron chi connectivity index (χ3n) is 2.73. The van der Waals surface area contributed by atoms with E-state index >= 15 is 0 Å². The van der Waals surface area contributed by atoms with Gasteiger partial charge in [-0.05, 0) is 23.8 Å². The highest BCUT2D eigenvalue weighted by molar-refractivity contribution is 5.72. The van der Waals surface area contributed by atoms with Gasteiger partial charge in [-0.2, -0.15) is 14.0 Å². The number of rotatable bonds is 4. The van der Waals surface area contributed by atoms with Crippen LogP contribution in [0.2, 0.25) is 0 Å². The van der Waals surface area contributed by atoms with Gasteiger partial charge in [0.25, 0.3) is 0 Å². The summed E-state index contributed by atoms with van der Waals surface area (Å²) in [6.45, 7) is -2.96. The van der Waals surface area contributed by atoms with Gasteiger partial charge in [-0.1, -0.05) is 24.3 Å². The maximum Gasteiger partial charge on any atom is 0.387 e. The van der Waals surface area contributed by atoms with Crippen LogP contribution in [0.3, 0.4) is 0 Å². The molecule has 0 N–H and O–H groups in total. The molecular weight excluding hydrogens is 264 g/mol. The van der Waals surface area contributed by atoms with E-state index in [9.17, 15) is 8.78 Å². The second-order valence-corrected chi connectivity index (χ2v) is 3.90. The Labute approximate surface area is 115 Å². The second kappa shape index (κ2) is 6.02. The van der Waals surface area contributed by atoms with Gasteiger partial charge in [-0.25, -0.2) is 0 Å². The lowest BCUT2D eigenvalue weighted by Crippen LogP contribution is -2.03. The van der Waals surface area contributed by atoms with Crippen LogP contribution in [0, 0.1) is 11.3 Å². The van der Waals surface area contributed by atoms with Gasteiger partial charge in [-0.3, -0.25) is 0 Å². The third-order valence-corrected chi connectivity index (χ3v) is 2.73. The Balaban J connectivity index is 2.47. The van der Waals surface area contributed by atoms with E-state index in [0.29, 0.717) is 11.3 Å². The van der Waals surface area contributed by atoms with Crippen LogP contribution >= 0.6 is 0 Å². The summed E-state index contributed by atoms with van der Waals surface area (Å²) in [4.78, 5) is 0. The van der Waals surface area contributed by atoms with Gasteiger partial charge in [0.05, 0.1) is 12.7 Å². The molecule has 2 rings (SSSR count). The van der Waals surface area contributed by atoms with Crippen molar-refractivity contribution < 1.29 is 18.3 Å². The Kier molecular flexibility index (Phi) is 4.16. The Hall–Kier alpha value is -2.61. The fourth-order valence-electron chi connectivity index (χ4n) is 1.87. The van der Waals surface area contributed by atoms with Crippen molar-refractivity contribution in [1.29, 1.82) is 5.26 Å². The van der Waals surface area contributed by atoms with Gasteiger partial charge in [0.15, 0.2) is 0 Å². The molecule has 0 aliphatic carbocycles. The zero-order chi connectivity index (χ0) is 14.5. The standard InChI is InChI=1S/C15H11F2NO2/c1-19-14-5-3-2-4-12(14)10-6-7-13(20-15(16)17)11(8-10)9-18/h2-8,15H,1H3. The molecule has 0 atom stereocenters. The van der Waals surface area contributed by atoms with E-state index < -0.39 is 6.61 Å². The Bertz CT molecular complexity index is 651. The number of benzene rings is 2. The Morgan fingerprint density at radius 3 is 2.50 bits per heavy atom. The van der Waals surface area contributed by atoms with E-state index in [0.717, 1.165) is 5.56 Å². The maximum absolute atomic E-state index is 12.2. The zero-order valence-electron chi connectivity index (χ0n) is 10.6. The highest BCUT2D eigenvalue weighted by Gasteiger charge is 2.12. The molecule has 0 radical (unpaired) electrons. The fraction of sp³-hybridized carbons (Fsp3) is 0.133. The topological polar surface area (TPSA) is 42.2 Å². The molecule has 2 aromatic rings. The quantitative estimate of drug-likeness (QED) is 0.851. The largest absolute Gasteiger partial charge is 0.496 e. The number of hydrogen-bond donors (Lipinski definition) is 0. The Morgan fingerprint density at radius 2 is 1.85 bits per heavy atom. The van der Waals surface area contributed by atoms with Crippen molar-refractivity contribution in [3.8, 4) is 28.7 Å². The van der Waals surface area contributed by atoms with Gasteiger partial charge < -0.3 is 9.47 Å². The van der Waals surface area contributed by atoms with E-state index in [4.69, 9.17) is 10.00 Å². The molecule has 0 saturated heterocycles. The molecule has 0 aliphatic heterocycles. The summed E-state index contributed by atoms with van der Waals surface area (Å²) < 4.78 is 34.0. The van der Waals surface area contributed by atoms with Gasteiger partial charge in [-0.15, -0.1) is 0 Å². The van der Waals surface area contributed by atoms with Crippen molar-refractivity contribution in [3.63, 3.8) is 0 Å².